The number of aliphatic hydroxyl groups excluding tert-OH is 1. The zero-order valence-corrected chi connectivity index (χ0v) is 13.9. The van der Waals surface area contributed by atoms with Crippen LogP contribution in [-0.4, -0.2) is 52.7 Å². The van der Waals surface area contributed by atoms with E-state index in [1.54, 1.807) is 12.1 Å². The number of piperazine rings is 1. The van der Waals surface area contributed by atoms with Gasteiger partial charge < -0.3 is 15.0 Å². The average molecular weight is 340 g/mol. The number of aliphatic hydroxyl groups is 1. The minimum Gasteiger partial charge on any atom is -0.387 e. The molecule has 0 spiro atoms. The first kappa shape index (κ1) is 16.1. The zero-order chi connectivity index (χ0) is 17.2. The van der Waals surface area contributed by atoms with Crippen LogP contribution in [0.15, 0.2) is 48.5 Å². The van der Waals surface area contributed by atoms with E-state index in [1.165, 1.54) is 12.1 Å². The van der Waals surface area contributed by atoms with E-state index < -0.39 is 6.10 Å². The molecule has 1 aliphatic rings. The van der Waals surface area contributed by atoms with E-state index in [0.29, 0.717) is 6.54 Å². The number of β-amino-alcohol motifs (C(OH)–C–C–N with tert-alkyl or cyclic N) is 1. The quantitative estimate of drug-likeness (QED) is 0.766. The predicted molar refractivity (Wildman–Crippen MR) is 96.1 cm³/mol. The Hall–Kier alpha value is -2.44. The minimum absolute atomic E-state index is 0.282. The third-order valence-corrected chi connectivity index (χ3v) is 4.73. The average Bonchev–Trinajstić information content (AvgIpc) is 3.07. The number of aromatic nitrogens is 2. The van der Waals surface area contributed by atoms with Crippen LogP contribution < -0.4 is 4.90 Å². The van der Waals surface area contributed by atoms with E-state index in [1.807, 2.05) is 24.3 Å². The molecule has 1 aromatic heterocycles. The summed E-state index contributed by atoms with van der Waals surface area (Å²) < 4.78 is 13.0. The molecule has 0 radical (unpaired) electrons. The van der Waals surface area contributed by atoms with E-state index in [0.717, 1.165) is 48.7 Å². The number of anilines is 1. The van der Waals surface area contributed by atoms with Gasteiger partial charge in [-0.25, -0.2) is 9.37 Å². The van der Waals surface area contributed by atoms with Crippen molar-refractivity contribution in [3.05, 3.63) is 59.9 Å². The van der Waals surface area contributed by atoms with Crippen LogP contribution in [-0.2, 0) is 0 Å². The lowest BCUT2D eigenvalue weighted by atomic mass is 10.1. The maximum atomic E-state index is 13.0. The summed E-state index contributed by atoms with van der Waals surface area (Å²) in [4.78, 5) is 12.5. The number of aromatic amines is 1. The summed E-state index contributed by atoms with van der Waals surface area (Å²) in [5.74, 6) is 0.621. The number of hydrogen-bond acceptors (Lipinski definition) is 4. The van der Waals surface area contributed by atoms with Crippen LogP contribution >= 0.6 is 0 Å². The second-order valence-corrected chi connectivity index (χ2v) is 6.43. The highest BCUT2D eigenvalue weighted by molar-refractivity contribution is 5.77. The van der Waals surface area contributed by atoms with Crippen molar-refractivity contribution in [1.82, 2.24) is 14.9 Å². The molecular formula is C19H21FN4O. The molecule has 1 aliphatic heterocycles. The van der Waals surface area contributed by atoms with Crippen molar-refractivity contribution in [1.29, 1.82) is 0 Å². The molecule has 25 heavy (non-hydrogen) atoms. The molecule has 6 heteroatoms. The molecule has 130 valence electrons. The van der Waals surface area contributed by atoms with Gasteiger partial charge in [-0.15, -0.1) is 0 Å². The smallest absolute Gasteiger partial charge is 0.203 e. The molecule has 0 bridgehead atoms. The Morgan fingerprint density at radius 3 is 2.48 bits per heavy atom. The normalized spacial score (nSPS) is 17.1. The van der Waals surface area contributed by atoms with E-state index in [2.05, 4.69) is 19.8 Å². The molecule has 1 fully saturated rings. The summed E-state index contributed by atoms with van der Waals surface area (Å²) in [5.41, 5.74) is 2.78. The fourth-order valence-electron chi connectivity index (χ4n) is 3.27. The van der Waals surface area contributed by atoms with Crippen LogP contribution in [0.4, 0.5) is 10.3 Å². The topological polar surface area (TPSA) is 55.4 Å². The maximum absolute atomic E-state index is 13.0. The van der Waals surface area contributed by atoms with Crippen LogP contribution in [0.1, 0.15) is 11.7 Å². The molecule has 1 atom stereocenters. The van der Waals surface area contributed by atoms with Crippen molar-refractivity contribution in [3.63, 3.8) is 0 Å². The number of para-hydroxylation sites is 2. The van der Waals surface area contributed by atoms with Crippen LogP contribution in [0.25, 0.3) is 11.0 Å². The van der Waals surface area contributed by atoms with E-state index in [9.17, 15) is 9.50 Å². The second kappa shape index (κ2) is 6.82. The number of nitrogens with zero attached hydrogens (tertiary/aromatic N) is 3. The highest BCUT2D eigenvalue weighted by atomic mass is 19.1. The minimum atomic E-state index is -0.599. The molecule has 3 aromatic rings. The molecule has 4 rings (SSSR count). The number of imidazole rings is 1. The van der Waals surface area contributed by atoms with Crippen LogP contribution in [0.3, 0.4) is 0 Å². The van der Waals surface area contributed by atoms with Gasteiger partial charge in [0.1, 0.15) is 5.82 Å². The Balaban J connectivity index is 1.35. The number of nitrogens with one attached hydrogen (secondary N) is 1. The molecule has 2 aromatic carbocycles. The van der Waals surface area contributed by atoms with Gasteiger partial charge in [0.25, 0.3) is 0 Å². The van der Waals surface area contributed by atoms with Gasteiger partial charge >= 0.3 is 0 Å². The van der Waals surface area contributed by atoms with E-state index in [4.69, 9.17) is 0 Å². The van der Waals surface area contributed by atoms with Crippen molar-refractivity contribution in [2.24, 2.45) is 0 Å². The SMILES string of the molecule is OC(CN1CCN(c2nc3ccccc3[nH]2)CC1)c1ccc(F)cc1. The standard InChI is InChI=1S/C19H21FN4O/c20-15-7-5-14(6-8-15)18(25)13-23-9-11-24(12-10-23)19-21-16-3-1-2-4-17(16)22-19/h1-8,18,25H,9-13H2,(H,21,22). The molecule has 1 saturated heterocycles. The number of hydrogen-bond donors (Lipinski definition) is 2. The number of halogens is 1. The fourth-order valence-corrected chi connectivity index (χ4v) is 3.27. The number of H-pyrrole nitrogens is 1. The van der Waals surface area contributed by atoms with Crippen LogP contribution in [0, 0.1) is 5.82 Å². The van der Waals surface area contributed by atoms with Gasteiger partial charge in [-0.1, -0.05) is 24.3 Å². The Bertz CT molecular complexity index is 807. The Morgan fingerprint density at radius 1 is 1.04 bits per heavy atom. The molecule has 0 aliphatic carbocycles. The van der Waals surface area contributed by atoms with Gasteiger partial charge in [-0.2, -0.15) is 0 Å². The third-order valence-electron chi connectivity index (χ3n) is 4.73. The highest BCUT2D eigenvalue weighted by Crippen LogP contribution is 2.20. The van der Waals surface area contributed by atoms with Crippen molar-refractivity contribution < 1.29 is 9.50 Å². The molecule has 2 heterocycles. The first-order valence-corrected chi connectivity index (χ1v) is 8.54. The maximum Gasteiger partial charge on any atom is 0.203 e. The first-order valence-electron chi connectivity index (χ1n) is 8.54. The molecule has 0 saturated carbocycles. The van der Waals surface area contributed by atoms with E-state index >= 15 is 0 Å². The predicted octanol–water partition coefficient (Wildman–Crippen LogP) is 2.56. The van der Waals surface area contributed by atoms with Crippen molar-refractivity contribution >= 4 is 17.0 Å². The molecule has 0 amide bonds. The number of fused-ring (bicyclic) bond motifs is 1. The monoisotopic (exact) mass is 340 g/mol. The van der Waals surface area contributed by atoms with Crippen LogP contribution in [0.2, 0.25) is 0 Å². The zero-order valence-electron chi connectivity index (χ0n) is 13.9. The third kappa shape index (κ3) is 3.50. The molecule has 2 N–H and O–H groups in total. The fraction of sp³-hybridized carbons (Fsp3) is 0.316. The Kier molecular flexibility index (Phi) is 4.38. The summed E-state index contributed by atoms with van der Waals surface area (Å²) in [6.45, 7) is 3.98. The summed E-state index contributed by atoms with van der Waals surface area (Å²) in [5, 5.41) is 10.3. The summed E-state index contributed by atoms with van der Waals surface area (Å²) in [7, 11) is 0. The van der Waals surface area contributed by atoms with Crippen molar-refractivity contribution in [2.75, 3.05) is 37.6 Å². The molecule has 1 unspecified atom stereocenters. The number of benzene rings is 2. The highest BCUT2D eigenvalue weighted by Gasteiger charge is 2.21. The molecular weight excluding hydrogens is 319 g/mol. The molecule has 5 nitrogen and oxygen atoms in total. The van der Waals surface area contributed by atoms with Crippen LogP contribution in [0.5, 0.6) is 0 Å². The summed E-state index contributed by atoms with van der Waals surface area (Å²) in [6.07, 6.45) is -0.599. The van der Waals surface area contributed by atoms with Gasteiger partial charge in [0, 0.05) is 32.7 Å². The summed E-state index contributed by atoms with van der Waals surface area (Å²) >= 11 is 0. The lowest BCUT2D eigenvalue weighted by Gasteiger charge is -2.35. The van der Waals surface area contributed by atoms with Gasteiger partial charge in [0.05, 0.1) is 17.1 Å². The van der Waals surface area contributed by atoms with Gasteiger partial charge in [0.15, 0.2) is 0 Å². The largest absolute Gasteiger partial charge is 0.387 e. The van der Waals surface area contributed by atoms with E-state index in [-0.39, 0.29) is 5.82 Å². The van der Waals surface area contributed by atoms with Gasteiger partial charge in [-0.3, -0.25) is 4.90 Å². The lowest BCUT2D eigenvalue weighted by molar-refractivity contribution is 0.109. The second-order valence-electron chi connectivity index (χ2n) is 6.43. The van der Waals surface area contributed by atoms with Crippen molar-refractivity contribution in [2.45, 2.75) is 6.10 Å². The Labute approximate surface area is 145 Å². The summed E-state index contributed by atoms with van der Waals surface area (Å²) in [6, 6.07) is 14.1. The first-order chi connectivity index (χ1) is 12.2. The lowest BCUT2D eigenvalue weighted by Crippen LogP contribution is -2.47. The Morgan fingerprint density at radius 2 is 1.76 bits per heavy atom. The number of rotatable bonds is 4. The van der Waals surface area contributed by atoms with Crippen molar-refractivity contribution in [3.8, 4) is 0 Å². The van der Waals surface area contributed by atoms with Gasteiger partial charge in [0.2, 0.25) is 5.95 Å². The van der Waals surface area contributed by atoms with Gasteiger partial charge in [-0.05, 0) is 29.8 Å².